The highest BCUT2D eigenvalue weighted by Crippen LogP contribution is 2.45. The highest BCUT2D eigenvalue weighted by atomic mass is 16.3. The van der Waals surface area contributed by atoms with Crippen molar-refractivity contribution in [2.45, 2.75) is 0 Å². The zero-order valence-electron chi connectivity index (χ0n) is 58.2. The van der Waals surface area contributed by atoms with Crippen LogP contribution in [-0.2, 0) is 0 Å². The highest BCUT2D eigenvalue weighted by molar-refractivity contribution is 6.24. The van der Waals surface area contributed by atoms with Crippen molar-refractivity contribution in [2.24, 2.45) is 0 Å². The van der Waals surface area contributed by atoms with E-state index >= 15 is 0 Å². The molecule has 0 aliphatic carbocycles. The van der Waals surface area contributed by atoms with Crippen LogP contribution in [0.1, 0.15) is 0 Å². The van der Waals surface area contributed by atoms with Gasteiger partial charge < -0.3 is 18.3 Å². The number of aromatic nitrogens is 7. The highest BCUT2D eigenvalue weighted by Gasteiger charge is 2.24. The molecule has 108 heavy (non-hydrogen) atoms. The summed E-state index contributed by atoms with van der Waals surface area (Å²) in [5, 5.41) is 11.0. The second kappa shape index (κ2) is 26.8. The molecule has 0 amide bonds. The Labute approximate surface area is 621 Å². The molecule has 21 aromatic rings. The van der Waals surface area contributed by atoms with Crippen LogP contribution in [0.3, 0.4) is 0 Å². The van der Waals surface area contributed by atoms with Gasteiger partial charge in [-0.2, -0.15) is 0 Å². The van der Waals surface area contributed by atoms with Gasteiger partial charge in [0, 0.05) is 88.4 Å². The lowest BCUT2D eigenvalue weighted by atomic mass is 9.96. The molecule has 0 aliphatic rings. The molecule has 0 bridgehead atoms. The fourth-order valence-corrected chi connectivity index (χ4v) is 15.3. The van der Waals surface area contributed by atoms with Gasteiger partial charge >= 0.3 is 0 Å². The molecule has 10 heteroatoms. The van der Waals surface area contributed by atoms with E-state index in [0.29, 0.717) is 34.9 Å². The minimum atomic E-state index is 0.599. The summed E-state index contributed by atoms with van der Waals surface area (Å²) < 4.78 is 15.6. The molecule has 5 heterocycles. The Bertz CT molecular complexity index is 6800. The van der Waals surface area contributed by atoms with Crippen LogP contribution in [0.5, 0.6) is 0 Å². The van der Waals surface area contributed by atoms with Gasteiger partial charge in [0.25, 0.3) is 0 Å². The Hall–Kier alpha value is -14.7. The third-order valence-corrected chi connectivity index (χ3v) is 20.3. The van der Waals surface area contributed by atoms with Gasteiger partial charge in [0.2, 0.25) is 0 Å². The second-order valence-electron chi connectivity index (χ2n) is 26.9. The van der Waals surface area contributed by atoms with Gasteiger partial charge in [-0.25, -0.2) is 29.9 Å². The van der Waals surface area contributed by atoms with Crippen LogP contribution in [0, 0.1) is 0 Å². The zero-order valence-corrected chi connectivity index (χ0v) is 58.2. The Morgan fingerprint density at radius 2 is 0.519 bits per heavy atom. The summed E-state index contributed by atoms with van der Waals surface area (Å²) >= 11 is 0. The molecule has 0 saturated carbocycles. The largest absolute Gasteiger partial charge is 0.456 e. The van der Waals surface area contributed by atoms with Crippen LogP contribution in [-0.4, -0.2) is 34.5 Å². The Kier molecular flexibility index (Phi) is 15.6. The minimum Gasteiger partial charge on any atom is -0.456 e. The molecule has 0 fully saturated rings. The van der Waals surface area contributed by atoms with E-state index in [2.05, 4.69) is 252 Å². The summed E-state index contributed by atoms with van der Waals surface area (Å²) in [6.45, 7) is 0. The van der Waals surface area contributed by atoms with E-state index in [-0.39, 0.29) is 0 Å². The molecule has 0 spiro atoms. The zero-order chi connectivity index (χ0) is 71.4. The molecule has 10 nitrogen and oxygen atoms in total. The number of nitrogens with zero attached hydrogens (tertiary/aromatic N) is 8. The first-order chi connectivity index (χ1) is 53.5. The van der Waals surface area contributed by atoms with Crippen molar-refractivity contribution in [3.8, 4) is 96.3 Å². The molecule has 5 aromatic heterocycles. The molecule has 16 aromatic carbocycles. The Morgan fingerprint density at radius 1 is 0.204 bits per heavy atom. The maximum absolute atomic E-state index is 6.65. The molecular weight excluding hydrogens is 1320 g/mol. The van der Waals surface area contributed by atoms with E-state index in [0.717, 1.165) is 144 Å². The molecule has 0 unspecified atom stereocenters. The summed E-state index contributed by atoms with van der Waals surface area (Å²) in [5.74, 6) is 3.70. The van der Waals surface area contributed by atoms with Crippen LogP contribution in [0.25, 0.3) is 183 Å². The number of anilines is 3. The van der Waals surface area contributed by atoms with Crippen molar-refractivity contribution in [1.82, 2.24) is 34.5 Å². The van der Waals surface area contributed by atoms with Gasteiger partial charge in [0.15, 0.2) is 34.9 Å². The first-order valence-corrected chi connectivity index (χ1v) is 36.1. The Balaban J connectivity index is 0.000000142. The second-order valence-corrected chi connectivity index (χ2v) is 26.9. The quantitative estimate of drug-likeness (QED) is 0.118. The van der Waals surface area contributed by atoms with Gasteiger partial charge in [-0.3, -0.25) is 0 Å². The lowest BCUT2D eigenvalue weighted by Gasteiger charge is -2.25. The van der Waals surface area contributed by atoms with Gasteiger partial charge in [0.05, 0.1) is 11.0 Å². The van der Waals surface area contributed by atoms with E-state index in [1.165, 1.54) is 21.8 Å². The third-order valence-electron chi connectivity index (χ3n) is 20.3. The predicted molar refractivity (Wildman–Crippen MR) is 442 cm³/mol. The average molecular weight is 1380 g/mol. The summed E-state index contributed by atoms with van der Waals surface area (Å²) in [5.41, 5.74) is 20.1. The van der Waals surface area contributed by atoms with Gasteiger partial charge in [-0.15, -0.1) is 0 Å². The van der Waals surface area contributed by atoms with E-state index in [1.807, 2.05) is 133 Å². The lowest BCUT2D eigenvalue weighted by molar-refractivity contribution is 0.669. The number of hydrogen-bond donors (Lipinski definition) is 0. The number of fused-ring (bicyclic) bond motifs is 13. The van der Waals surface area contributed by atoms with Crippen molar-refractivity contribution in [3.63, 3.8) is 0 Å². The smallest absolute Gasteiger partial charge is 0.164 e. The summed E-state index contributed by atoms with van der Waals surface area (Å²) in [6, 6.07) is 130. The monoisotopic (exact) mass is 1380 g/mol. The standard InChI is InChI=1S/C49H30N4O.C49H32N4O/c1-4-14-31(15-5-1)47-50-48(32-16-6-2-7-17-32)52-49(51-47)40-30-45-46(38-22-11-10-20-36(38)40)41-29-34(25-27-44(41)54-45)33-24-26-43-39(28-33)37-21-12-13-23-42(37)53(43)35-18-8-3-9-19-35;1-5-15-34(16-6-1)47-50-48(35-17-7-2-8-18-35)52-49(51-47)42-32-45-46(41-24-14-13-23-40(41)42)43-31-36(27-30-44(43)54-45)33-25-28-39(29-26-33)53(37-19-9-3-10-20-37)38-21-11-4-12-22-38/h1-30H;1-32H. The summed E-state index contributed by atoms with van der Waals surface area (Å²) in [4.78, 5) is 32.4. The number of para-hydroxylation sites is 4. The molecule has 0 radical (unpaired) electrons. The summed E-state index contributed by atoms with van der Waals surface area (Å²) in [6.07, 6.45) is 0. The molecule has 21 rings (SSSR count). The minimum absolute atomic E-state index is 0.599. The maximum Gasteiger partial charge on any atom is 0.164 e. The topological polar surface area (TPSA) is 112 Å². The van der Waals surface area contributed by atoms with Gasteiger partial charge in [-0.1, -0.05) is 273 Å². The van der Waals surface area contributed by atoms with Crippen molar-refractivity contribution < 1.29 is 8.83 Å². The molecule has 0 saturated heterocycles. The normalized spacial score (nSPS) is 11.5. The SMILES string of the molecule is c1ccc(-c2nc(-c3ccccc3)nc(-c3cc4oc5ccc(-c6ccc(N(c7ccccc7)c7ccccc7)cc6)cc5c4c4ccccc34)n2)cc1.c1ccc(-c2nc(-c3ccccc3)nc(-c3cc4oc5ccc(-c6ccc7c(c6)c6ccccc6n7-c6ccccc6)cc5c4c4ccccc34)n2)cc1. The first-order valence-electron chi connectivity index (χ1n) is 36.1. The summed E-state index contributed by atoms with van der Waals surface area (Å²) in [7, 11) is 0. The number of benzene rings is 16. The number of hydrogen-bond acceptors (Lipinski definition) is 9. The molecule has 0 atom stereocenters. The Morgan fingerprint density at radius 3 is 0.954 bits per heavy atom. The van der Waals surface area contributed by atoms with E-state index in [4.69, 9.17) is 38.7 Å². The van der Waals surface area contributed by atoms with E-state index < -0.39 is 0 Å². The van der Waals surface area contributed by atoms with Crippen molar-refractivity contribution in [3.05, 3.63) is 376 Å². The molecule has 506 valence electrons. The molecular formula is C98H62N8O2. The number of furan rings is 2. The van der Waals surface area contributed by atoms with E-state index in [9.17, 15) is 0 Å². The van der Waals surface area contributed by atoms with Crippen molar-refractivity contribution in [1.29, 1.82) is 0 Å². The molecule has 0 aliphatic heterocycles. The fraction of sp³-hybridized carbons (Fsp3) is 0. The third kappa shape index (κ3) is 11.4. The van der Waals surface area contributed by atoms with Gasteiger partial charge in [-0.05, 0) is 147 Å². The van der Waals surface area contributed by atoms with Gasteiger partial charge in [0.1, 0.15) is 22.3 Å². The molecule has 0 N–H and O–H groups in total. The lowest BCUT2D eigenvalue weighted by Crippen LogP contribution is -2.09. The van der Waals surface area contributed by atoms with Crippen LogP contribution in [0.2, 0.25) is 0 Å². The number of rotatable bonds is 12. The first kappa shape index (κ1) is 63.0. The average Bonchev–Trinajstić information content (AvgIpc) is 1.55. The van der Waals surface area contributed by atoms with Crippen molar-refractivity contribution in [2.75, 3.05) is 4.90 Å². The van der Waals surface area contributed by atoms with E-state index in [1.54, 1.807) is 0 Å². The van der Waals surface area contributed by atoms with Crippen LogP contribution in [0.4, 0.5) is 17.1 Å². The maximum atomic E-state index is 6.65. The predicted octanol–water partition coefficient (Wildman–Crippen LogP) is 25.8. The van der Waals surface area contributed by atoms with Crippen molar-refractivity contribution >= 4 is 104 Å². The van der Waals surface area contributed by atoms with Crippen LogP contribution >= 0.6 is 0 Å². The van der Waals surface area contributed by atoms with Crippen LogP contribution in [0.15, 0.2) is 385 Å². The fourth-order valence-electron chi connectivity index (χ4n) is 15.3. The van der Waals surface area contributed by atoms with Crippen LogP contribution < -0.4 is 4.90 Å².